The molecular weight excluding hydrogens is 264 g/mol. The predicted octanol–water partition coefficient (Wildman–Crippen LogP) is 1.42. The minimum atomic E-state index is 0.0260. The summed E-state index contributed by atoms with van der Waals surface area (Å²) in [4.78, 5) is 12.6. The van der Waals surface area contributed by atoms with Crippen LogP contribution in [0.2, 0.25) is 0 Å². The van der Waals surface area contributed by atoms with E-state index in [9.17, 15) is 4.79 Å². The molecule has 2 aliphatic rings. The van der Waals surface area contributed by atoms with Gasteiger partial charge in [0.25, 0.3) is 0 Å². The SMILES string of the molecule is CC(NC(=O)[C@H]1CNC[C@@H]1c1cnn(C)c1)C1CCCC1. The number of hydrogen-bond acceptors (Lipinski definition) is 3. The topological polar surface area (TPSA) is 59.0 Å². The largest absolute Gasteiger partial charge is 0.353 e. The van der Waals surface area contributed by atoms with Gasteiger partial charge in [-0.25, -0.2) is 0 Å². The molecule has 1 aromatic rings. The molecule has 21 heavy (non-hydrogen) atoms. The Hall–Kier alpha value is -1.36. The smallest absolute Gasteiger partial charge is 0.225 e. The van der Waals surface area contributed by atoms with Crippen LogP contribution < -0.4 is 10.6 Å². The average Bonchev–Trinajstić information content (AvgIpc) is 3.19. The monoisotopic (exact) mass is 290 g/mol. The maximum Gasteiger partial charge on any atom is 0.225 e. The normalized spacial score (nSPS) is 27.9. The van der Waals surface area contributed by atoms with Gasteiger partial charge in [0, 0.05) is 38.3 Å². The molecule has 2 N–H and O–H groups in total. The van der Waals surface area contributed by atoms with Crippen LogP contribution in [0.25, 0.3) is 0 Å². The van der Waals surface area contributed by atoms with Crippen LogP contribution in [-0.4, -0.2) is 34.8 Å². The molecule has 5 heteroatoms. The Morgan fingerprint density at radius 2 is 2.19 bits per heavy atom. The van der Waals surface area contributed by atoms with Gasteiger partial charge in [0.1, 0.15) is 0 Å². The highest BCUT2D eigenvalue weighted by atomic mass is 16.2. The Labute approximate surface area is 126 Å². The van der Waals surface area contributed by atoms with Crippen molar-refractivity contribution in [2.75, 3.05) is 13.1 Å². The molecule has 0 aromatic carbocycles. The third-order valence-corrected chi connectivity index (χ3v) is 5.18. The first-order valence-electron chi connectivity index (χ1n) is 8.15. The Balaban J connectivity index is 1.63. The lowest BCUT2D eigenvalue weighted by Crippen LogP contribution is -2.42. The van der Waals surface area contributed by atoms with Crippen LogP contribution in [0, 0.1) is 11.8 Å². The summed E-state index contributed by atoms with van der Waals surface area (Å²) in [7, 11) is 1.92. The summed E-state index contributed by atoms with van der Waals surface area (Å²) < 4.78 is 1.81. The molecule has 1 saturated carbocycles. The van der Waals surface area contributed by atoms with Crippen molar-refractivity contribution in [1.29, 1.82) is 0 Å². The molecule has 116 valence electrons. The van der Waals surface area contributed by atoms with Gasteiger partial charge in [0.05, 0.1) is 12.1 Å². The first kappa shape index (κ1) is 14.6. The molecule has 1 aliphatic heterocycles. The van der Waals surface area contributed by atoms with Crippen molar-refractivity contribution in [2.24, 2.45) is 18.9 Å². The van der Waals surface area contributed by atoms with Crippen LogP contribution in [0.1, 0.15) is 44.1 Å². The van der Waals surface area contributed by atoms with E-state index in [1.807, 2.05) is 24.1 Å². The first-order chi connectivity index (χ1) is 10.1. The number of nitrogens with one attached hydrogen (secondary N) is 2. The quantitative estimate of drug-likeness (QED) is 0.881. The van der Waals surface area contributed by atoms with Crippen LogP contribution in [0.4, 0.5) is 0 Å². The summed E-state index contributed by atoms with van der Waals surface area (Å²) >= 11 is 0. The summed E-state index contributed by atoms with van der Waals surface area (Å²) in [5.41, 5.74) is 1.16. The molecule has 0 spiro atoms. The zero-order valence-corrected chi connectivity index (χ0v) is 13.0. The van der Waals surface area contributed by atoms with E-state index in [-0.39, 0.29) is 17.7 Å². The standard InChI is InChI=1S/C16H26N4O/c1-11(12-5-3-4-6-12)19-16(21)15-9-17-8-14(15)13-7-18-20(2)10-13/h7,10-12,14-15,17H,3-6,8-9H2,1-2H3,(H,19,21)/t11?,14-,15+/m1/s1. The molecule has 1 unspecified atom stereocenters. The molecule has 5 nitrogen and oxygen atoms in total. The molecule has 3 rings (SSSR count). The van der Waals surface area contributed by atoms with Gasteiger partial charge in [-0.2, -0.15) is 5.10 Å². The molecule has 2 fully saturated rings. The lowest BCUT2D eigenvalue weighted by molar-refractivity contribution is -0.125. The fourth-order valence-corrected chi connectivity index (χ4v) is 3.84. The van der Waals surface area contributed by atoms with E-state index in [0.29, 0.717) is 12.0 Å². The molecule has 1 amide bonds. The lowest BCUT2D eigenvalue weighted by atomic mass is 9.89. The van der Waals surface area contributed by atoms with Crippen LogP contribution in [0.3, 0.4) is 0 Å². The summed E-state index contributed by atoms with van der Waals surface area (Å²) in [6, 6.07) is 0.301. The van der Waals surface area contributed by atoms with Crippen molar-refractivity contribution >= 4 is 5.91 Å². The summed E-state index contributed by atoms with van der Waals surface area (Å²) in [6.45, 7) is 3.79. The first-order valence-corrected chi connectivity index (χ1v) is 8.15. The number of rotatable bonds is 4. The van der Waals surface area contributed by atoms with Gasteiger partial charge in [0.15, 0.2) is 0 Å². The number of aromatic nitrogens is 2. The van der Waals surface area contributed by atoms with Crippen molar-refractivity contribution in [3.63, 3.8) is 0 Å². The number of amides is 1. The molecule has 0 bridgehead atoms. The highest BCUT2D eigenvalue weighted by Crippen LogP contribution is 2.30. The third-order valence-electron chi connectivity index (χ3n) is 5.18. The number of hydrogen-bond donors (Lipinski definition) is 2. The molecule has 0 radical (unpaired) electrons. The van der Waals surface area contributed by atoms with Crippen LogP contribution >= 0.6 is 0 Å². The Kier molecular flexibility index (Phi) is 4.29. The number of carbonyl (C=O) groups excluding carboxylic acids is 1. The molecule has 3 atom stereocenters. The maximum absolute atomic E-state index is 12.6. The maximum atomic E-state index is 12.6. The molecule has 1 aliphatic carbocycles. The molecular formula is C16H26N4O. The Morgan fingerprint density at radius 3 is 2.86 bits per heavy atom. The Bertz CT molecular complexity index is 492. The summed E-state index contributed by atoms with van der Waals surface area (Å²) in [5, 5.41) is 10.9. The molecule has 1 aromatic heterocycles. The van der Waals surface area contributed by atoms with Gasteiger partial charge in [-0.1, -0.05) is 12.8 Å². The minimum Gasteiger partial charge on any atom is -0.353 e. The second-order valence-electron chi connectivity index (χ2n) is 6.66. The van der Waals surface area contributed by atoms with Crippen molar-refractivity contribution in [1.82, 2.24) is 20.4 Å². The van der Waals surface area contributed by atoms with Crippen molar-refractivity contribution < 1.29 is 4.79 Å². The fourth-order valence-electron chi connectivity index (χ4n) is 3.84. The van der Waals surface area contributed by atoms with Gasteiger partial charge < -0.3 is 10.6 Å². The van der Waals surface area contributed by atoms with Crippen molar-refractivity contribution in [2.45, 2.75) is 44.6 Å². The van der Waals surface area contributed by atoms with Crippen LogP contribution in [0.5, 0.6) is 0 Å². The van der Waals surface area contributed by atoms with Gasteiger partial charge in [0.2, 0.25) is 5.91 Å². The van der Waals surface area contributed by atoms with E-state index >= 15 is 0 Å². The molecule has 2 heterocycles. The third kappa shape index (κ3) is 3.12. The predicted molar refractivity (Wildman–Crippen MR) is 81.9 cm³/mol. The lowest BCUT2D eigenvalue weighted by Gasteiger charge is -2.24. The average molecular weight is 290 g/mol. The highest BCUT2D eigenvalue weighted by molar-refractivity contribution is 5.80. The number of aryl methyl sites for hydroxylation is 1. The number of carbonyl (C=O) groups is 1. The van der Waals surface area contributed by atoms with E-state index in [2.05, 4.69) is 22.7 Å². The number of nitrogens with zero attached hydrogens (tertiary/aromatic N) is 2. The second kappa shape index (κ2) is 6.18. The van der Waals surface area contributed by atoms with Gasteiger partial charge in [-0.15, -0.1) is 0 Å². The summed E-state index contributed by atoms with van der Waals surface area (Å²) in [5.74, 6) is 1.14. The van der Waals surface area contributed by atoms with Crippen molar-refractivity contribution in [3.05, 3.63) is 18.0 Å². The Morgan fingerprint density at radius 1 is 1.43 bits per heavy atom. The van der Waals surface area contributed by atoms with Gasteiger partial charge >= 0.3 is 0 Å². The van der Waals surface area contributed by atoms with E-state index in [1.54, 1.807) is 0 Å². The zero-order chi connectivity index (χ0) is 14.8. The second-order valence-corrected chi connectivity index (χ2v) is 6.66. The van der Waals surface area contributed by atoms with E-state index in [4.69, 9.17) is 0 Å². The van der Waals surface area contributed by atoms with Crippen molar-refractivity contribution in [3.8, 4) is 0 Å². The highest BCUT2D eigenvalue weighted by Gasteiger charge is 2.36. The van der Waals surface area contributed by atoms with Gasteiger partial charge in [-0.05, 0) is 31.2 Å². The molecule has 1 saturated heterocycles. The van der Waals surface area contributed by atoms with Crippen LogP contribution in [-0.2, 0) is 11.8 Å². The van der Waals surface area contributed by atoms with Crippen LogP contribution in [0.15, 0.2) is 12.4 Å². The van der Waals surface area contributed by atoms with E-state index in [1.165, 1.54) is 25.7 Å². The van der Waals surface area contributed by atoms with E-state index < -0.39 is 0 Å². The minimum absolute atomic E-state index is 0.0260. The van der Waals surface area contributed by atoms with Gasteiger partial charge in [-0.3, -0.25) is 9.48 Å². The van der Waals surface area contributed by atoms with E-state index in [0.717, 1.165) is 18.7 Å². The summed E-state index contributed by atoms with van der Waals surface area (Å²) in [6.07, 6.45) is 9.06. The fraction of sp³-hybridized carbons (Fsp3) is 0.750. The zero-order valence-electron chi connectivity index (χ0n) is 13.0.